The molecule has 2 bridgehead atoms. The molecule has 25 heavy (non-hydrogen) atoms. The quantitative estimate of drug-likeness (QED) is 0.877. The van der Waals surface area contributed by atoms with Crippen LogP contribution in [0.15, 0.2) is 12.1 Å². The van der Waals surface area contributed by atoms with Crippen molar-refractivity contribution in [1.29, 1.82) is 0 Å². The average Bonchev–Trinajstić information content (AvgIpc) is 2.58. The summed E-state index contributed by atoms with van der Waals surface area (Å²) < 4.78 is 5.39. The molecule has 2 aliphatic rings. The number of fused-ring (bicyclic) bond motifs is 2. The van der Waals surface area contributed by atoms with Crippen molar-refractivity contribution in [2.75, 3.05) is 32.1 Å². The van der Waals surface area contributed by atoms with Crippen molar-refractivity contribution in [2.24, 2.45) is 5.92 Å². The second kappa shape index (κ2) is 7.44. The van der Waals surface area contributed by atoms with Crippen molar-refractivity contribution in [3.8, 4) is 5.75 Å². The summed E-state index contributed by atoms with van der Waals surface area (Å²) >= 11 is 0. The first-order valence-corrected chi connectivity index (χ1v) is 8.97. The molecule has 2 saturated heterocycles. The van der Waals surface area contributed by atoms with E-state index in [9.17, 15) is 9.59 Å². The molecule has 2 N–H and O–H groups in total. The fourth-order valence-corrected chi connectivity index (χ4v) is 3.98. The second-order valence-corrected chi connectivity index (χ2v) is 7.12. The van der Waals surface area contributed by atoms with E-state index in [2.05, 4.69) is 15.5 Å². The van der Waals surface area contributed by atoms with Crippen LogP contribution < -0.4 is 15.4 Å². The van der Waals surface area contributed by atoms with E-state index >= 15 is 0 Å². The molecule has 3 unspecified atom stereocenters. The molecular formula is C19H27N3O3. The smallest absolute Gasteiger partial charge is 0.255 e. The number of nitrogens with one attached hydrogen (secondary N) is 2. The molecule has 6 heteroatoms. The Morgan fingerprint density at radius 2 is 2.04 bits per heavy atom. The Hall–Kier alpha value is -2.08. The van der Waals surface area contributed by atoms with Crippen LogP contribution in [0.1, 0.15) is 42.1 Å². The minimum atomic E-state index is -0.147. The molecule has 0 aliphatic carbocycles. The minimum Gasteiger partial charge on any atom is -0.496 e. The maximum Gasteiger partial charge on any atom is 0.255 e. The first kappa shape index (κ1) is 17.7. The van der Waals surface area contributed by atoms with E-state index < -0.39 is 0 Å². The van der Waals surface area contributed by atoms with Gasteiger partial charge < -0.3 is 20.3 Å². The molecule has 0 radical (unpaired) electrons. The third kappa shape index (κ3) is 3.95. The molecule has 2 heterocycles. The lowest BCUT2D eigenvalue weighted by Gasteiger charge is -2.42. The van der Waals surface area contributed by atoms with Crippen LogP contribution >= 0.6 is 0 Å². The van der Waals surface area contributed by atoms with Gasteiger partial charge >= 0.3 is 0 Å². The molecule has 2 fully saturated rings. The molecule has 2 amide bonds. The average molecular weight is 345 g/mol. The van der Waals surface area contributed by atoms with E-state index in [4.69, 9.17) is 4.74 Å². The van der Waals surface area contributed by atoms with Crippen LogP contribution in [0.3, 0.4) is 0 Å². The number of hydrogen-bond acceptors (Lipinski definition) is 4. The second-order valence-electron chi connectivity index (χ2n) is 7.12. The summed E-state index contributed by atoms with van der Waals surface area (Å²) in [6, 6.07) is 3.73. The van der Waals surface area contributed by atoms with Gasteiger partial charge in [0.2, 0.25) is 5.91 Å². The molecule has 1 aromatic rings. The lowest BCUT2D eigenvalue weighted by molar-refractivity contribution is -0.114. The van der Waals surface area contributed by atoms with Crippen LogP contribution in [0.4, 0.5) is 5.69 Å². The Bertz CT molecular complexity index is 674. The van der Waals surface area contributed by atoms with E-state index in [1.165, 1.54) is 26.3 Å². The van der Waals surface area contributed by atoms with Gasteiger partial charge in [0.25, 0.3) is 5.91 Å². The van der Waals surface area contributed by atoms with Crippen LogP contribution in [0, 0.1) is 12.8 Å². The molecule has 0 spiro atoms. The van der Waals surface area contributed by atoms with Crippen molar-refractivity contribution >= 4 is 17.5 Å². The summed E-state index contributed by atoms with van der Waals surface area (Å²) in [7, 11) is 1.54. The zero-order chi connectivity index (χ0) is 18.0. The maximum absolute atomic E-state index is 12.8. The number of carbonyl (C=O) groups excluding carboxylic acids is 2. The molecule has 3 atom stereocenters. The fourth-order valence-electron chi connectivity index (χ4n) is 3.98. The highest BCUT2D eigenvalue weighted by Crippen LogP contribution is 2.29. The molecule has 136 valence electrons. The van der Waals surface area contributed by atoms with Gasteiger partial charge in [-0.25, -0.2) is 0 Å². The first-order valence-electron chi connectivity index (χ1n) is 8.97. The molecule has 2 aliphatic heterocycles. The van der Waals surface area contributed by atoms with Crippen molar-refractivity contribution in [3.05, 3.63) is 23.3 Å². The zero-order valence-corrected chi connectivity index (χ0v) is 15.2. The standard InChI is InChI=1S/C19H27N3O3/c1-12-9-15(18(25-3)10-17(12)20-13(2)23)19(24)21-16-6-8-22-7-4-5-14(16)11-22/h9-10,14,16H,4-8,11H2,1-3H3,(H,20,23)(H,21,24). The number of ether oxygens (including phenoxy) is 1. The molecule has 6 nitrogen and oxygen atoms in total. The number of benzene rings is 1. The number of aryl methyl sites for hydroxylation is 1. The van der Waals surface area contributed by atoms with E-state index in [0.29, 0.717) is 22.9 Å². The van der Waals surface area contributed by atoms with Gasteiger partial charge in [-0.05, 0) is 50.3 Å². The summed E-state index contributed by atoms with van der Waals surface area (Å²) in [6.45, 7) is 6.67. The Morgan fingerprint density at radius 1 is 1.24 bits per heavy atom. The zero-order valence-electron chi connectivity index (χ0n) is 15.2. The number of anilines is 1. The third-order valence-corrected chi connectivity index (χ3v) is 5.29. The van der Waals surface area contributed by atoms with E-state index in [1.807, 2.05) is 6.92 Å². The van der Waals surface area contributed by atoms with Crippen LogP contribution in [0.2, 0.25) is 0 Å². The highest BCUT2D eigenvalue weighted by molar-refractivity contribution is 5.99. The highest BCUT2D eigenvalue weighted by atomic mass is 16.5. The number of piperidine rings is 2. The van der Waals surface area contributed by atoms with E-state index in [0.717, 1.165) is 25.1 Å². The maximum atomic E-state index is 12.8. The summed E-state index contributed by atoms with van der Waals surface area (Å²) in [5.74, 6) is 0.773. The van der Waals surface area contributed by atoms with Gasteiger partial charge in [-0.1, -0.05) is 0 Å². The van der Waals surface area contributed by atoms with Crippen molar-refractivity contribution < 1.29 is 14.3 Å². The Labute approximate surface area is 148 Å². The number of amides is 2. The normalized spacial score (nSPS) is 25.2. The van der Waals surface area contributed by atoms with Gasteiger partial charge in [0.05, 0.1) is 12.7 Å². The van der Waals surface area contributed by atoms with Crippen LogP contribution in [-0.4, -0.2) is 49.5 Å². The molecular weight excluding hydrogens is 318 g/mol. The van der Waals surface area contributed by atoms with Crippen LogP contribution in [0.5, 0.6) is 5.75 Å². The lowest BCUT2D eigenvalue weighted by atomic mass is 9.85. The molecule has 0 aromatic heterocycles. The monoisotopic (exact) mass is 345 g/mol. The molecule has 3 rings (SSSR count). The van der Waals surface area contributed by atoms with Gasteiger partial charge in [-0.2, -0.15) is 0 Å². The molecule has 1 aromatic carbocycles. The number of rotatable bonds is 4. The Kier molecular flexibility index (Phi) is 5.27. The number of hydrogen-bond donors (Lipinski definition) is 2. The predicted octanol–water partition coefficient (Wildman–Crippen LogP) is 2.18. The SMILES string of the molecule is COc1cc(NC(C)=O)c(C)cc1C(=O)NC1CCN2CCCC1C2. The van der Waals surface area contributed by atoms with Gasteiger partial charge in [0.15, 0.2) is 0 Å². The van der Waals surface area contributed by atoms with Crippen molar-refractivity contribution in [1.82, 2.24) is 10.2 Å². The molecule has 0 saturated carbocycles. The first-order chi connectivity index (χ1) is 12.0. The number of nitrogens with zero attached hydrogens (tertiary/aromatic N) is 1. The Morgan fingerprint density at radius 3 is 2.76 bits per heavy atom. The van der Waals surface area contributed by atoms with Gasteiger partial charge in [0, 0.05) is 37.8 Å². The topological polar surface area (TPSA) is 70.7 Å². The number of methoxy groups -OCH3 is 1. The summed E-state index contributed by atoms with van der Waals surface area (Å²) in [5, 5.41) is 5.99. The fraction of sp³-hybridized carbons (Fsp3) is 0.579. The third-order valence-electron chi connectivity index (χ3n) is 5.29. The van der Waals surface area contributed by atoms with Crippen LogP contribution in [-0.2, 0) is 4.79 Å². The highest BCUT2D eigenvalue weighted by Gasteiger charge is 2.33. The van der Waals surface area contributed by atoms with E-state index in [-0.39, 0.29) is 17.9 Å². The number of carbonyl (C=O) groups is 2. The minimum absolute atomic E-state index is 0.0988. The van der Waals surface area contributed by atoms with Crippen molar-refractivity contribution in [3.63, 3.8) is 0 Å². The largest absolute Gasteiger partial charge is 0.496 e. The van der Waals surface area contributed by atoms with E-state index in [1.54, 1.807) is 19.2 Å². The lowest BCUT2D eigenvalue weighted by Crippen LogP contribution is -2.53. The van der Waals surface area contributed by atoms with Crippen LogP contribution in [0.25, 0.3) is 0 Å². The van der Waals surface area contributed by atoms with Gasteiger partial charge in [-0.15, -0.1) is 0 Å². The van der Waals surface area contributed by atoms with Gasteiger partial charge in [-0.3, -0.25) is 9.59 Å². The Balaban J connectivity index is 1.77. The summed E-state index contributed by atoms with van der Waals surface area (Å²) in [4.78, 5) is 26.6. The summed E-state index contributed by atoms with van der Waals surface area (Å²) in [5.41, 5.74) is 2.03. The summed E-state index contributed by atoms with van der Waals surface area (Å²) in [6.07, 6.45) is 3.39. The van der Waals surface area contributed by atoms with Gasteiger partial charge in [0.1, 0.15) is 5.75 Å². The van der Waals surface area contributed by atoms with Crippen molar-refractivity contribution in [2.45, 2.75) is 39.2 Å². The predicted molar refractivity (Wildman–Crippen MR) is 97.1 cm³/mol.